The number of benzene rings is 3. The van der Waals surface area contributed by atoms with E-state index in [1.807, 2.05) is 35.0 Å². The van der Waals surface area contributed by atoms with Gasteiger partial charge in [0, 0.05) is 28.6 Å². The molecule has 2 heterocycles. The molecule has 0 amide bonds. The average Bonchev–Trinajstić information content (AvgIpc) is 3.19. The summed E-state index contributed by atoms with van der Waals surface area (Å²) >= 11 is 0. The normalized spacial score (nSPS) is 13.6. The molecule has 1 aliphatic carbocycles. The lowest BCUT2D eigenvalue weighted by atomic mass is 9.93. The number of carbonyl (C=O) groups is 1. The van der Waals surface area contributed by atoms with Crippen LogP contribution in [0.1, 0.15) is 36.6 Å². The van der Waals surface area contributed by atoms with Gasteiger partial charge in [-0.15, -0.1) is 0 Å². The molecule has 0 saturated heterocycles. The van der Waals surface area contributed by atoms with Gasteiger partial charge in [0.05, 0.1) is 23.7 Å². The van der Waals surface area contributed by atoms with Crippen molar-refractivity contribution in [3.05, 3.63) is 83.9 Å². The zero-order chi connectivity index (χ0) is 25.5. The summed E-state index contributed by atoms with van der Waals surface area (Å²) in [5, 5.41) is 17.0. The van der Waals surface area contributed by atoms with Gasteiger partial charge in [0.25, 0.3) is 0 Å². The van der Waals surface area contributed by atoms with Crippen LogP contribution in [0.4, 0.5) is 10.2 Å². The van der Waals surface area contributed by atoms with E-state index in [4.69, 9.17) is 15.6 Å². The van der Waals surface area contributed by atoms with Crippen LogP contribution in [0, 0.1) is 5.82 Å². The van der Waals surface area contributed by atoms with E-state index in [0.717, 1.165) is 57.8 Å². The summed E-state index contributed by atoms with van der Waals surface area (Å²) < 4.78 is 22.1. The van der Waals surface area contributed by atoms with Gasteiger partial charge >= 0.3 is 5.97 Å². The Balaban J connectivity index is 1.44. The summed E-state index contributed by atoms with van der Waals surface area (Å²) in [6.45, 7) is 0.138. The number of hydrogen-bond acceptors (Lipinski definition) is 5. The van der Waals surface area contributed by atoms with Crippen molar-refractivity contribution in [3.63, 3.8) is 0 Å². The summed E-state index contributed by atoms with van der Waals surface area (Å²) in [7, 11) is 0. The van der Waals surface area contributed by atoms with Crippen LogP contribution < -0.4 is 10.5 Å². The molecule has 1 saturated carbocycles. The van der Waals surface area contributed by atoms with Crippen molar-refractivity contribution in [1.82, 2.24) is 14.8 Å². The van der Waals surface area contributed by atoms with Gasteiger partial charge in [-0.05, 0) is 60.0 Å². The number of anilines is 1. The molecule has 0 bridgehead atoms. The molecule has 186 valence electrons. The van der Waals surface area contributed by atoms with Crippen LogP contribution in [0.2, 0.25) is 0 Å². The fourth-order valence-electron chi connectivity index (χ4n) is 5.00. The van der Waals surface area contributed by atoms with Crippen LogP contribution in [-0.4, -0.2) is 25.8 Å². The molecule has 0 radical (unpaired) electrons. The number of halogens is 1. The van der Waals surface area contributed by atoms with E-state index in [0.29, 0.717) is 11.4 Å². The third-order valence-electron chi connectivity index (χ3n) is 7.10. The molecule has 8 heteroatoms. The van der Waals surface area contributed by atoms with E-state index in [-0.39, 0.29) is 24.8 Å². The van der Waals surface area contributed by atoms with Crippen LogP contribution in [0.15, 0.2) is 66.9 Å². The highest BCUT2D eigenvalue weighted by Crippen LogP contribution is 2.37. The molecular weight excluding hydrogens is 471 g/mol. The van der Waals surface area contributed by atoms with Crippen LogP contribution >= 0.6 is 0 Å². The number of carboxylic acids is 1. The van der Waals surface area contributed by atoms with E-state index in [9.17, 15) is 14.3 Å². The first kappa shape index (κ1) is 23.0. The number of nitrogens with zero attached hydrogens (tertiary/aromatic N) is 3. The van der Waals surface area contributed by atoms with Crippen LogP contribution in [0.3, 0.4) is 0 Å². The minimum atomic E-state index is -1.00. The minimum absolute atomic E-state index is 0.138. The molecule has 2 aromatic heterocycles. The number of nitrogens with two attached hydrogens (primary N) is 1. The van der Waals surface area contributed by atoms with E-state index >= 15 is 0 Å². The van der Waals surface area contributed by atoms with Crippen molar-refractivity contribution in [1.29, 1.82) is 0 Å². The van der Waals surface area contributed by atoms with Gasteiger partial charge in [-0.25, -0.2) is 9.37 Å². The number of carboxylic acid groups (broad SMARTS) is 1. The maximum atomic E-state index is 14.0. The molecule has 3 aromatic carbocycles. The Morgan fingerprint density at radius 3 is 2.73 bits per heavy atom. The second kappa shape index (κ2) is 9.20. The first-order valence-corrected chi connectivity index (χ1v) is 12.3. The second-order valence-electron chi connectivity index (χ2n) is 9.42. The maximum absolute atomic E-state index is 14.0. The Morgan fingerprint density at radius 2 is 1.95 bits per heavy atom. The lowest BCUT2D eigenvalue weighted by Gasteiger charge is -2.27. The highest BCUT2D eigenvalue weighted by Gasteiger charge is 2.25. The molecule has 0 atom stereocenters. The van der Waals surface area contributed by atoms with Crippen molar-refractivity contribution >= 4 is 33.5 Å². The SMILES string of the molecule is Nc1nccc2c(-c3ccc4nn(C5CCC5)c(COc5cc(F)ccc5CC(=O)O)c4c3)cccc12. The molecule has 0 unspecified atom stereocenters. The number of fused-ring (bicyclic) bond motifs is 2. The molecule has 1 fully saturated rings. The van der Waals surface area contributed by atoms with E-state index < -0.39 is 11.8 Å². The van der Waals surface area contributed by atoms with Crippen LogP contribution in [0.25, 0.3) is 32.8 Å². The number of rotatable bonds is 7. The van der Waals surface area contributed by atoms with Crippen molar-refractivity contribution in [3.8, 4) is 16.9 Å². The van der Waals surface area contributed by atoms with Crippen LogP contribution in [0.5, 0.6) is 5.75 Å². The third kappa shape index (κ3) is 4.24. The van der Waals surface area contributed by atoms with Gasteiger partial charge < -0.3 is 15.6 Å². The smallest absolute Gasteiger partial charge is 0.307 e. The lowest BCUT2D eigenvalue weighted by molar-refractivity contribution is -0.136. The Labute approximate surface area is 212 Å². The van der Waals surface area contributed by atoms with E-state index in [2.05, 4.69) is 17.1 Å². The Bertz CT molecular complexity index is 1660. The molecular formula is C29H25FN4O3. The molecule has 6 rings (SSSR count). The predicted molar refractivity (Wildman–Crippen MR) is 140 cm³/mol. The second-order valence-corrected chi connectivity index (χ2v) is 9.42. The highest BCUT2D eigenvalue weighted by molar-refractivity contribution is 6.02. The quantitative estimate of drug-likeness (QED) is 0.291. The Hall–Kier alpha value is -4.46. The molecule has 0 aliphatic heterocycles. The standard InChI is InChI=1S/C29H25FN4O3/c30-19-9-7-18(14-28(35)36)27(15-19)37-16-26-24-13-17(8-10-25(24)33-34(26)20-3-1-4-20)21-5-2-6-23-22(21)11-12-32-29(23)31/h2,5-13,15,20H,1,3-4,14,16H2,(H2,31,32)(H,35,36). The summed E-state index contributed by atoms with van der Waals surface area (Å²) in [6, 6.07) is 18.3. The molecule has 1 aliphatic rings. The fraction of sp³-hybridized carbons (Fsp3) is 0.207. The highest BCUT2D eigenvalue weighted by atomic mass is 19.1. The number of nitrogen functional groups attached to an aromatic ring is 1. The van der Waals surface area contributed by atoms with Gasteiger partial charge in [-0.3, -0.25) is 9.48 Å². The van der Waals surface area contributed by atoms with Crippen LogP contribution in [-0.2, 0) is 17.8 Å². The van der Waals surface area contributed by atoms with Crippen molar-refractivity contribution in [2.45, 2.75) is 38.3 Å². The molecule has 0 spiro atoms. The number of ether oxygens (including phenoxy) is 1. The fourth-order valence-corrected chi connectivity index (χ4v) is 5.00. The van der Waals surface area contributed by atoms with Crippen molar-refractivity contribution in [2.24, 2.45) is 0 Å². The molecule has 5 aromatic rings. The summed E-state index contributed by atoms with van der Waals surface area (Å²) in [5.74, 6) is -0.768. The van der Waals surface area contributed by atoms with E-state index in [1.165, 1.54) is 18.2 Å². The van der Waals surface area contributed by atoms with Gasteiger partial charge in [-0.1, -0.05) is 30.3 Å². The zero-order valence-corrected chi connectivity index (χ0v) is 20.0. The lowest BCUT2D eigenvalue weighted by Crippen LogP contribution is -2.21. The average molecular weight is 497 g/mol. The third-order valence-corrected chi connectivity index (χ3v) is 7.10. The number of aromatic nitrogens is 3. The molecule has 37 heavy (non-hydrogen) atoms. The summed E-state index contributed by atoms with van der Waals surface area (Å²) in [6.07, 6.45) is 4.68. The minimum Gasteiger partial charge on any atom is -0.487 e. The van der Waals surface area contributed by atoms with Crippen molar-refractivity contribution in [2.75, 3.05) is 5.73 Å². The van der Waals surface area contributed by atoms with Gasteiger partial charge in [0.15, 0.2) is 0 Å². The first-order valence-electron chi connectivity index (χ1n) is 12.3. The van der Waals surface area contributed by atoms with E-state index in [1.54, 1.807) is 6.20 Å². The van der Waals surface area contributed by atoms with Gasteiger partial charge in [0.2, 0.25) is 0 Å². The Morgan fingerprint density at radius 1 is 1.08 bits per heavy atom. The topological polar surface area (TPSA) is 103 Å². The van der Waals surface area contributed by atoms with Crippen molar-refractivity contribution < 1.29 is 19.0 Å². The summed E-state index contributed by atoms with van der Waals surface area (Å²) in [4.78, 5) is 15.5. The maximum Gasteiger partial charge on any atom is 0.307 e. The number of aliphatic carboxylic acids is 1. The zero-order valence-electron chi connectivity index (χ0n) is 20.0. The first-order chi connectivity index (χ1) is 18.0. The number of hydrogen-bond donors (Lipinski definition) is 2. The van der Waals surface area contributed by atoms with Gasteiger partial charge in [-0.2, -0.15) is 5.10 Å². The van der Waals surface area contributed by atoms with Gasteiger partial charge in [0.1, 0.15) is 24.0 Å². The Kier molecular flexibility index (Phi) is 5.71. The predicted octanol–water partition coefficient (Wildman–Crippen LogP) is 5.90. The monoisotopic (exact) mass is 496 g/mol. The molecule has 3 N–H and O–H groups in total. The molecule has 7 nitrogen and oxygen atoms in total. The largest absolute Gasteiger partial charge is 0.487 e. The number of pyridine rings is 1. The summed E-state index contributed by atoms with van der Waals surface area (Å²) in [5.41, 5.74) is 10.3.